The number of hydrogen-bond acceptors (Lipinski definition) is 4. The summed E-state index contributed by atoms with van der Waals surface area (Å²) in [5, 5.41) is 16.0. The lowest BCUT2D eigenvalue weighted by atomic mass is 9.94. The molecule has 1 atom stereocenters. The summed E-state index contributed by atoms with van der Waals surface area (Å²) in [6, 6.07) is 22.2. The molecule has 0 saturated heterocycles. The van der Waals surface area contributed by atoms with E-state index in [1.54, 1.807) is 7.11 Å². The fourth-order valence-electron chi connectivity index (χ4n) is 3.28. The van der Waals surface area contributed by atoms with Gasteiger partial charge in [-0.2, -0.15) is 0 Å². The Morgan fingerprint density at radius 1 is 0.966 bits per heavy atom. The van der Waals surface area contributed by atoms with Crippen molar-refractivity contribution in [3.05, 3.63) is 72.3 Å². The van der Waals surface area contributed by atoms with Crippen LogP contribution in [0.2, 0.25) is 0 Å². The first-order valence-electron chi connectivity index (χ1n) is 9.63. The van der Waals surface area contributed by atoms with Gasteiger partial charge in [0.2, 0.25) is 0 Å². The molecule has 4 nitrogen and oxygen atoms in total. The second-order valence-electron chi connectivity index (χ2n) is 7.73. The second-order valence-corrected chi connectivity index (χ2v) is 7.73. The third kappa shape index (κ3) is 6.64. The van der Waals surface area contributed by atoms with Crippen molar-refractivity contribution >= 4 is 23.2 Å². The zero-order chi connectivity index (χ0) is 20.0. The van der Waals surface area contributed by atoms with Crippen LogP contribution in [0.15, 0.2) is 66.7 Å². The molecule has 0 saturated carbocycles. The van der Waals surface area contributed by atoms with Crippen LogP contribution in [0.1, 0.15) is 19.4 Å². The number of rotatable bonds is 9. The quantitative estimate of drug-likeness (QED) is 0.535. The molecule has 0 radical (unpaired) electrons. The zero-order valence-corrected chi connectivity index (χ0v) is 18.0. The number of methoxy groups -OCH3 is 1. The molecule has 2 N–H and O–H groups in total. The molecule has 0 spiro atoms. The van der Waals surface area contributed by atoms with Crippen LogP contribution in [0.3, 0.4) is 0 Å². The minimum absolute atomic E-state index is 0. The van der Waals surface area contributed by atoms with E-state index in [-0.39, 0.29) is 24.6 Å². The van der Waals surface area contributed by atoms with Crippen molar-refractivity contribution in [2.24, 2.45) is 0 Å². The molecule has 0 bridgehead atoms. The number of nitrogens with one attached hydrogen (secondary N) is 1. The Balaban J connectivity index is 0.00000300. The summed E-state index contributed by atoms with van der Waals surface area (Å²) >= 11 is 0. The first-order chi connectivity index (χ1) is 13.5. The summed E-state index contributed by atoms with van der Waals surface area (Å²) < 4.78 is 11.1. The molecule has 0 fully saturated rings. The van der Waals surface area contributed by atoms with Crippen molar-refractivity contribution in [1.29, 1.82) is 0 Å². The maximum absolute atomic E-state index is 10.4. The first kappa shape index (κ1) is 23.0. The standard InChI is InChI=1S/C24H29NO3.ClH/c1-24(2,15-18-11-13-21(27-3)14-12-18)25-16-20(26)17-28-23-10-6-8-19-7-4-5-9-22(19)23;/h4-14,20,25-26H,15-17H2,1-3H3;1H. The number of ether oxygens (including phenoxy) is 2. The van der Waals surface area contributed by atoms with Crippen molar-refractivity contribution in [2.45, 2.75) is 31.9 Å². The monoisotopic (exact) mass is 415 g/mol. The number of aliphatic hydroxyl groups excluding tert-OH is 1. The van der Waals surface area contributed by atoms with E-state index in [1.807, 2.05) is 42.5 Å². The van der Waals surface area contributed by atoms with Gasteiger partial charge in [0.05, 0.1) is 7.11 Å². The van der Waals surface area contributed by atoms with Crippen molar-refractivity contribution in [3.63, 3.8) is 0 Å². The lowest BCUT2D eigenvalue weighted by Crippen LogP contribution is -2.46. The smallest absolute Gasteiger partial charge is 0.127 e. The molecule has 0 heterocycles. The minimum Gasteiger partial charge on any atom is -0.497 e. The van der Waals surface area contributed by atoms with E-state index in [1.165, 1.54) is 5.56 Å². The molecule has 1 unspecified atom stereocenters. The van der Waals surface area contributed by atoms with Crippen molar-refractivity contribution < 1.29 is 14.6 Å². The third-order valence-electron chi connectivity index (χ3n) is 4.80. The first-order valence-corrected chi connectivity index (χ1v) is 9.63. The molecule has 29 heavy (non-hydrogen) atoms. The fraction of sp³-hybridized carbons (Fsp3) is 0.333. The highest BCUT2D eigenvalue weighted by molar-refractivity contribution is 5.88. The van der Waals surface area contributed by atoms with Gasteiger partial charge in [-0.25, -0.2) is 0 Å². The van der Waals surface area contributed by atoms with Crippen LogP contribution in [0.25, 0.3) is 10.8 Å². The van der Waals surface area contributed by atoms with Gasteiger partial charge in [0.15, 0.2) is 0 Å². The van der Waals surface area contributed by atoms with Crippen molar-refractivity contribution in [1.82, 2.24) is 5.32 Å². The predicted molar refractivity (Wildman–Crippen MR) is 121 cm³/mol. The summed E-state index contributed by atoms with van der Waals surface area (Å²) in [6.45, 7) is 4.98. The van der Waals surface area contributed by atoms with Gasteiger partial charge in [0, 0.05) is 17.5 Å². The number of benzene rings is 3. The summed E-state index contributed by atoms with van der Waals surface area (Å²) in [5.74, 6) is 1.66. The third-order valence-corrected chi connectivity index (χ3v) is 4.80. The Hall–Kier alpha value is -2.27. The molecule has 3 aromatic carbocycles. The summed E-state index contributed by atoms with van der Waals surface area (Å²) in [6.07, 6.45) is 0.266. The van der Waals surface area contributed by atoms with Crippen molar-refractivity contribution in [3.8, 4) is 11.5 Å². The van der Waals surface area contributed by atoms with Crippen LogP contribution in [0.5, 0.6) is 11.5 Å². The fourth-order valence-corrected chi connectivity index (χ4v) is 3.28. The van der Waals surface area contributed by atoms with Gasteiger partial charge in [-0.15, -0.1) is 12.4 Å². The molecule has 0 amide bonds. The maximum atomic E-state index is 10.4. The van der Waals surface area contributed by atoms with Crippen LogP contribution in [-0.2, 0) is 6.42 Å². The van der Waals surface area contributed by atoms with Gasteiger partial charge < -0.3 is 19.9 Å². The lowest BCUT2D eigenvalue weighted by molar-refractivity contribution is 0.0996. The van der Waals surface area contributed by atoms with Crippen LogP contribution in [0, 0.1) is 0 Å². The average molecular weight is 416 g/mol. The van der Waals surface area contributed by atoms with Crippen LogP contribution in [0.4, 0.5) is 0 Å². The van der Waals surface area contributed by atoms with E-state index in [9.17, 15) is 5.11 Å². The number of halogens is 1. The summed E-state index contributed by atoms with van der Waals surface area (Å²) in [4.78, 5) is 0. The highest BCUT2D eigenvalue weighted by atomic mass is 35.5. The summed E-state index contributed by atoms with van der Waals surface area (Å²) in [7, 11) is 1.67. The number of β-amino-alcohol motifs (C(OH)–C–C–N with tert-alkyl or cyclic N) is 1. The largest absolute Gasteiger partial charge is 0.497 e. The highest BCUT2D eigenvalue weighted by Gasteiger charge is 2.19. The second kappa shape index (κ2) is 10.5. The predicted octanol–water partition coefficient (Wildman–Crippen LogP) is 4.62. The molecule has 0 aliphatic carbocycles. The van der Waals surface area contributed by atoms with Gasteiger partial charge >= 0.3 is 0 Å². The van der Waals surface area contributed by atoms with Crippen LogP contribution in [-0.4, -0.2) is 37.0 Å². The highest BCUT2D eigenvalue weighted by Crippen LogP contribution is 2.25. The molecule has 3 rings (SSSR count). The van der Waals surface area contributed by atoms with E-state index in [0.29, 0.717) is 6.54 Å². The Morgan fingerprint density at radius 2 is 1.66 bits per heavy atom. The molecule has 0 aliphatic heterocycles. The van der Waals surface area contributed by atoms with Crippen LogP contribution < -0.4 is 14.8 Å². The normalized spacial score (nSPS) is 12.3. The average Bonchev–Trinajstić information content (AvgIpc) is 2.71. The van der Waals surface area contributed by atoms with E-state index in [0.717, 1.165) is 28.7 Å². The van der Waals surface area contributed by atoms with E-state index in [2.05, 4.69) is 43.4 Å². The topological polar surface area (TPSA) is 50.7 Å². The van der Waals surface area contributed by atoms with E-state index in [4.69, 9.17) is 9.47 Å². The van der Waals surface area contributed by atoms with Gasteiger partial charge in [-0.3, -0.25) is 0 Å². The molecule has 3 aromatic rings. The Labute approximate surface area is 179 Å². The lowest BCUT2D eigenvalue weighted by Gasteiger charge is -2.28. The number of aliphatic hydroxyl groups is 1. The maximum Gasteiger partial charge on any atom is 0.127 e. The number of hydrogen-bond donors (Lipinski definition) is 2. The Kier molecular flexibility index (Phi) is 8.32. The van der Waals surface area contributed by atoms with E-state index < -0.39 is 6.10 Å². The molecular weight excluding hydrogens is 386 g/mol. The van der Waals surface area contributed by atoms with Crippen LogP contribution >= 0.6 is 12.4 Å². The molecular formula is C24H30ClNO3. The van der Waals surface area contributed by atoms with E-state index >= 15 is 0 Å². The minimum atomic E-state index is -0.589. The zero-order valence-electron chi connectivity index (χ0n) is 17.2. The van der Waals surface area contributed by atoms with Gasteiger partial charge in [-0.1, -0.05) is 48.5 Å². The Bertz CT molecular complexity index is 891. The van der Waals surface area contributed by atoms with Crippen molar-refractivity contribution in [2.75, 3.05) is 20.3 Å². The SMILES string of the molecule is COc1ccc(CC(C)(C)NCC(O)COc2cccc3ccccc23)cc1.Cl. The molecule has 0 aliphatic rings. The Morgan fingerprint density at radius 3 is 2.38 bits per heavy atom. The molecule has 5 heteroatoms. The summed E-state index contributed by atoms with van der Waals surface area (Å²) in [5.41, 5.74) is 1.08. The van der Waals surface area contributed by atoms with Gasteiger partial charge in [0.1, 0.15) is 24.2 Å². The number of fused-ring (bicyclic) bond motifs is 1. The van der Waals surface area contributed by atoms with Gasteiger partial charge in [-0.05, 0) is 49.4 Å². The van der Waals surface area contributed by atoms with Gasteiger partial charge in [0.25, 0.3) is 0 Å². The molecule has 156 valence electrons. The molecule has 0 aromatic heterocycles.